The number of ether oxygens (including phenoxy) is 1. The largest absolute Gasteiger partial charge is 1.00 e. The Labute approximate surface area is 149 Å². The van der Waals surface area contributed by atoms with Gasteiger partial charge in [-0.05, 0) is 32.9 Å². The summed E-state index contributed by atoms with van der Waals surface area (Å²) in [6.07, 6.45) is -0.491. The highest BCUT2D eigenvalue weighted by atomic mass is 127. The van der Waals surface area contributed by atoms with Crippen molar-refractivity contribution < 1.29 is 44.0 Å². The lowest BCUT2D eigenvalue weighted by Gasteiger charge is -2.19. The molecule has 0 spiro atoms. The number of halogens is 1. The third-order valence-corrected chi connectivity index (χ3v) is 3.57. The SMILES string of the molecule is CC(C)(C)OC(=O)NCc1nc2c(C([NH3+])=O)cccc2s1.[I-]. The molecule has 0 aliphatic carbocycles. The zero-order chi connectivity index (χ0) is 15.6. The maximum atomic E-state index is 11.6. The maximum absolute atomic E-state index is 11.6. The van der Waals surface area contributed by atoms with Gasteiger partial charge in [-0.3, -0.25) is 5.73 Å². The lowest BCUT2D eigenvalue weighted by Crippen LogP contribution is -3.00. The molecule has 0 saturated heterocycles. The first-order chi connectivity index (χ1) is 9.76. The van der Waals surface area contributed by atoms with Crippen molar-refractivity contribution in [3.05, 3.63) is 28.8 Å². The summed E-state index contributed by atoms with van der Waals surface area (Å²) in [7, 11) is 0. The predicted molar refractivity (Wildman–Crippen MR) is 79.9 cm³/mol. The van der Waals surface area contributed by atoms with Crippen molar-refractivity contribution in [2.24, 2.45) is 0 Å². The summed E-state index contributed by atoms with van der Waals surface area (Å²) >= 11 is 1.43. The molecule has 1 aromatic carbocycles. The van der Waals surface area contributed by atoms with Crippen molar-refractivity contribution in [1.29, 1.82) is 0 Å². The van der Waals surface area contributed by atoms with E-state index in [1.54, 1.807) is 32.9 Å². The van der Waals surface area contributed by atoms with Crippen LogP contribution in [0.1, 0.15) is 36.1 Å². The van der Waals surface area contributed by atoms with Crippen molar-refractivity contribution in [2.45, 2.75) is 32.9 Å². The topological polar surface area (TPSA) is 95.9 Å². The highest BCUT2D eigenvalue weighted by molar-refractivity contribution is 7.18. The average molecular weight is 435 g/mol. The molecule has 2 rings (SSSR count). The lowest BCUT2D eigenvalue weighted by atomic mass is 10.2. The van der Waals surface area contributed by atoms with Gasteiger partial charge in [0.1, 0.15) is 16.2 Å². The second kappa shape index (κ2) is 7.34. The standard InChI is InChI=1S/C14H17N3O3S.HI/c1-14(2,3)20-13(19)16-7-10-17-11-8(12(15)18)5-4-6-9(11)21-10;/h4-6H,7H2,1-3H3,(H2,15,18)(H,16,19);1H. The smallest absolute Gasteiger partial charge is 0.408 e. The van der Waals surface area contributed by atoms with Gasteiger partial charge in [-0.2, -0.15) is 0 Å². The first-order valence-corrected chi connectivity index (χ1v) is 7.29. The number of fused-ring (bicyclic) bond motifs is 1. The highest BCUT2D eigenvalue weighted by Gasteiger charge is 2.17. The number of nitrogens with zero attached hydrogens (tertiary/aromatic N) is 1. The molecule has 2 aromatic rings. The molecule has 0 saturated carbocycles. The van der Waals surface area contributed by atoms with Gasteiger partial charge in [0.05, 0.1) is 16.8 Å². The normalized spacial score (nSPS) is 10.9. The first-order valence-electron chi connectivity index (χ1n) is 6.48. The van der Waals surface area contributed by atoms with Crippen molar-refractivity contribution in [1.82, 2.24) is 10.3 Å². The molecule has 8 heteroatoms. The van der Waals surface area contributed by atoms with Crippen LogP contribution >= 0.6 is 11.3 Å². The number of carbonyl (C=O) groups is 2. The van der Waals surface area contributed by atoms with Gasteiger partial charge in [-0.1, -0.05) is 6.07 Å². The summed E-state index contributed by atoms with van der Waals surface area (Å²) in [6.45, 7) is 5.67. The number of benzene rings is 1. The summed E-state index contributed by atoms with van der Waals surface area (Å²) in [5.41, 5.74) is 4.00. The number of carbonyl (C=O) groups excluding carboxylic acids is 2. The summed E-state index contributed by atoms with van der Waals surface area (Å²) in [5.74, 6) is -0.266. The number of nitrogens with one attached hydrogen (secondary N) is 1. The number of para-hydroxylation sites is 1. The summed E-state index contributed by atoms with van der Waals surface area (Å²) in [6, 6.07) is 5.38. The number of amides is 2. The summed E-state index contributed by atoms with van der Waals surface area (Å²) < 4.78 is 6.05. The van der Waals surface area contributed by atoms with Crippen LogP contribution in [0.3, 0.4) is 0 Å². The first kappa shape index (κ1) is 18.8. The molecule has 6 nitrogen and oxygen atoms in total. The van der Waals surface area contributed by atoms with Crippen LogP contribution in [0.4, 0.5) is 4.79 Å². The van der Waals surface area contributed by atoms with E-state index in [-0.39, 0.29) is 36.4 Å². The van der Waals surface area contributed by atoms with Crippen molar-refractivity contribution >= 4 is 33.6 Å². The molecule has 0 fully saturated rings. The molecule has 22 heavy (non-hydrogen) atoms. The molecular formula is C14H18IN3O3S. The molecule has 0 bridgehead atoms. The predicted octanol–water partition coefficient (Wildman–Crippen LogP) is -1.29. The molecule has 1 heterocycles. The quantitative estimate of drug-likeness (QED) is 0.587. The van der Waals surface area contributed by atoms with E-state index in [4.69, 9.17) is 4.74 Å². The van der Waals surface area contributed by atoms with Gasteiger partial charge in [-0.15, -0.1) is 11.3 Å². The van der Waals surface area contributed by atoms with Crippen molar-refractivity contribution in [3.63, 3.8) is 0 Å². The second-order valence-electron chi connectivity index (χ2n) is 5.54. The van der Waals surface area contributed by atoms with Gasteiger partial charge in [0, 0.05) is 0 Å². The minimum atomic E-state index is -0.537. The van der Waals surface area contributed by atoms with Crippen LogP contribution in [0.5, 0.6) is 0 Å². The average Bonchev–Trinajstić information content (AvgIpc) is 2.76. The Hall–Kier alpha value is -1.26. The zero-order valence-corrected chi connectivity index (χ0v) is 15.6. The Bertz CT molecular complexity index is 694. The van der Waals surface area contributed by atoms with Crippen molar-refractivity contribution in [2.75, 3.05) is 0 Å². The Balaban J connectivity index is 0.00000242. The van der Waals surface area contributed by atoms with Crippen LogP contribution in [0.2, 0.25) is 0 Å². The zero-order valence-electron chi connectivity index (χ0n) is 12.6. The number of aromatic nitrogens is 1. The van der Waals surface area contributed by atoms with E-state index in [1.807, 2.05) is 6.07 Å². The van der Waals surface area contributed by atoms with Gasteiger partial charge in [0.15, 0.2) is 0 Å². The number of hydrogen-bond donors (Lipinski definition) is 2. The second-order valence-corrected chi connectivity index (χ2v) is 6.65. The molecule has 1 aromatic heterocycles. The number of alkyl carbamates (subject to hydrolysis) is 1. The summed E-state index contributed by atoms with van der Waals surface area (Å²) in [4.78, 5) is 27.4. The van der Waals surface area contributed by atoms with Crippen LogP contribution in [0, 0.1) is 0 Å². The van der Waals surface area contributed by atoms with E-state index in [2.05, 4.69) is 16.0 Å². The monoisotopic (exact) mass is 435 g/mol. The van der Waals surface area contributed by atoms with Gasteiger partial charge in [0.25, 0.3) is 0 Å². The van der Waals surface area contributed by atoms with E-state index in [0.29, 0.717) is 16.1 Å². The molecule has 0 aliphatic rings. The molecule has 120 valence electrons. The van der Waals surface area contributed by atoms with Gasteiger partial charge in [-0.25, -0.2) is 14.6 Å². The highest BCUT2D eigenvalue weighted by Crippen LogP contribution is 2.24. The molecule has 0 unspecified atom stereocenters. The molecule has 0 radical (unpaired) electrons. The minimum Gasteiger partial charge on any atom is -1.00 e. The third-order valence-electron chi connectivity index (χ3n) is 2.55. The Morgan fingerprint density at radius 3 is 2.64 bits per heavy atom. The lowest BCUT2D eigenvalue weighted by molar-refractivity contribution is -0.254. The van der Waals surface area contributed by atoms with Crippen molar-refractivity contribution in [3.8, 4) is 0 Å². The number of hydrogen-bond acceptors (Lipinski definition) is 5. The van der Waals surface area contributed by atoms with E-state index < -0.39 is 11.7 Å². The fourth-order valence-corrected chi connectivity index (χ4v) is 2.69. The Kier molecular flexibility index (Phi) is 6.27. The van der Waals surface area contributed by atoms with Crippen LogP contribution < -0.4 is 35.0 Å². The third kappa shape index (κ3) is 4.89. The minimum absolute atomic E-state index is 0. The Morgan fingerprint density at radius 2 is 2.05 bits per heavy atom. The number of thiazole rings is 1. The fourth-order valence-electron chi connectivity index (χ4n) is 1.76. The van der Waals surface area contributed by atoms with Gasteiger partial charge >= 0.3 is 12.0 Å². The van der Waals surface area contributed by atoms with E-state index in [0.717, 1.165) is 4.70 Å². The van der Waals surface area contributed by atoms with Crippen LogP contribution in [-0.4, -0.2) is 22.6 Å². The number of quaternary nitrogens is 1. The molecule has 0 atom stereocenters. The van der Waals surface area contributed by atoms with E-state index >= 15 is 0 Å². The summed E-state index contributed by atoms with van der Waals surface area (Å²) in [5, 5.41) is 3.36. The van der Waals surface area contributed by atoms with E-state index in [1.165, 1.54) is 11.3 Å². The van der Waals surface area contributed by atoms with Crippen LogP contribution in [0.25, 0.3) is 10.2 Å². The number of rotatable bonds is 3. The van der Waals surface area contributed by atoms with E-state index in [9.17, 15) is 9.59 Å². The molecule has 4 N–H and O–H groups in total. The fraction of sp³-hybridized carbons (Fsp3) is 0.357. The Morgan fingerprint density at radius 1 is 1.36 bits per heavy atom. The molecular weight excluding hydrogens is 417 g/mol. The van der Waals surface area contributed by atoms with Gasteiger partial charge in [0.2, 0.25) is 0 Å². The van der Waals surface area contributed by atoms with Crippen LogP contribution in [0.15, 0.2) is 18.2 Å². The van der Waals surface area contributed by atoms with Gasteiger partial charge < -0.3 is 34.0 Å². The van der Waals surface area contributed by atoms with Crippen LogP contribution in [-0.2, 0) is 11.3 Å². The molecule has 2 amide bonds. The maximum Gasteiger partial charge on any atom is 0.408 e. The molecule has 0 aliphatic heterocycles.